The number of halogens is 1. The Labute approximate surface area is 182 Å². The van der Waals surface area contributed by atoms with Crippen LogP contribution in [0.1, 0.15) is 21.6 Å². The molecule has 0 atom stereocenters. The second kappa shape index (κ2) is 8.84. The van der Waals surface area contributed by atoms with E-state index >= 15 is 0 Å². The van der Waals surface area contributed by atoms with Crippen LogP contribution in [0.5, 0.6) is 5.75 Å². The zero-order valence-corrected chi connectivity index (χ0v) is 17.1. The third kappa shape index (κ3) is 4.56. The van der Waals surface area contributed by atoms with E-state index in [-0.39, 0.29) is 12.1 Å². The van der Waals surface area contributed by atoms with Gasteiger partial charge in [0, 0.05) is 11.9 Å². The van der Waals surface area contributed by atoms with Crippen molar-refractivity contribution in [1.82, 2.24) is 14.8 Å². The summed E-state index contributed by atoms with van der Waals surface area (Å²) >= 11 is 0. The van der Waals surface area contributed by atoms with Gasteiger partial charge in [-0.25, -0.2) is 14.2 Å². The van der Waals surface area contributed by atoms with Crippen LogP contribution < -0.4 is 10.1 Å². The van der Waals surface area contributed by atoms with Gasteiger partial charge in [-0.2, -0.15) is 5.10 Å². The predicted molar refractivity (Wildman–Crippen MR) is 115 cm³/mol. The minimum Gasteiger partial charge on any atom is -0.497 e. The summed E-state index contributed by atoms with van der Waals surface area (Å²) in [5.74, 6) is -1.34. The van der Waals surface area contributed by atoms with Crippen LogP contribution in [0.3, 0.4) is 0 Å². The van der Waals surface area contributed by atoms with E-state index in [4.69, 9.17) is 9.84 Å². The van der Waals surface area contributed by atoms with Crippen LogP contribution in [0.15, 0.2) is 60.9 Å². The quantitative estimate of drug-likeness (QED) is 0.461. The Kier molecular flexibility index (Phi) is 5.80. The standard InChI is InChI=1S/C23H19FN4O4/c1-32-17-4-2-14(3-5-17)13-28-21-9-15(8-19(24)18(21)12-26-28)10-22(29)27-16-6-7-25-20(11-16)23(30)31/h2-9,11-12H,10,13H2,1H3,(H,30,31)(H,25,27,29). The number of nitrogens with zero attached hydrogens (tertiary/aromatic N) is 3. The topological polar surface area (TPSA) is 106 Å². The Morgan fingerprint density at radius 2 is 1.91 bits per heavy atom. The van der Waals surface area contributed by atoms with Crippen molar-refractivity contribution < 1.29 is 23.8 Å². The molecule has 0 radical (unpaired) electrons. The van der Waals surface area contributed by atoms with Crippen molar-refractivity contribution >= 4 is 28.5 Å². The predicted octanol–water partition coefficient (Wildman–Crippen LogP) is 3.51. The van der Waals surface area contributed by atoms with Crippen molar-refractivity contribution in [3.8, 4) is 5.75 Å². The minimum absolute atomic E-state index is 0.0920. The summed E-state index contributed by atoms with van der Waals surface area (Å²) in [6.45, 7) is 0.428. The smallest absolute Gasteiger partial charge is 0.354 e. The molecule has 9 heteroatoms. The molecule has 1 amide bonds. The molecule has 0 aliphatic heterocycles. The normalized spacial score (nSPS) is 10.8. The SMILES string of the molecule is COc1ccc(Cn2ncc3c(F)cc(CC(=O)Nc4ccnc(C(=O)O)c4)cc32)cc1. The summed E-state index contributed by atoms with van der Waals surface area (Å²) in [4.78, 5) is 27.2. The number of pyridine rings is 1. The number of anilines is 1. The van der Waals surface area contributed by atoms with Crippen LogP contribution in [0.2, 0.25) is 0 Å². The summed E-state index contributed by atoms with van der Waals surface area (Å²) in [7, 11) is 1.59. The zero-order valence-electron chi connectivity index (χ0n) is 17.1. The third-order valence-electron chi connectivity index (χ3n) is 4.89. The molecule has 2 N–H and O–H groups in total. The van der Waals surface area contributed by atoms with Gasteiger partial charge < -0.3 is 15.2 Å². The Morgan fingerprint density at radius 1 is 1.12 bits per heavy atom. The monoisotopic (exact) mass is 434 g/mol. The van der Waals surface area contributed by atoms with Gasteiger partial charge in [0.05, 0.1) is 37.2 Å². The lowest BCUT2D eigenvalue weighted by atomic mass is 10.1. The number of methoxy groups -OCH3 is 1. The van der Waals surface area contributed by atoms with Gasteiger partial charge in [0.2, 0.25) is 5.91 Å². The molecule has 8 nitrogen and oxygen atoms in total. The first-order chi connectivity index (χ1) is 15.4. The fraction of sp³-hybridized carbons (Fsp3) is 0.130. The summed E-state index contributed by atoms with van der Waals surface area (Å²) in [5.41, 5.74) is 2.12. The third-order valence-corrected chi connectivity index (χ3v) is 4.89. The number of hydrogen-bond donors (Lipinski definition) is 2. The fourth-order valence-electron chi connectivity index (χ4n) is 3.34. The van der Waals surface area contributed by atoms with Gasteiger partial charge >= 0.3 is 5.97 Å². The molecule has 0 unspecified atom stereocenters. The molecule has 0 aliphatic carbocycles. The molecule has 162 valence electrons. The molecule has 0 bridgehead atoms. The number of aromatic carboxylic acids is 1. The molecule has 0 fully saturated rings. The highest BCUT2D eigenvalue weighted by atomic mass is 19.1. The van der Waals surface area contributed by atoms with Crippen LogP contribution >= 0.6 is 0 Å². The van der Waals surface area contributed by atoms with E-state index < -0.39 is 17.7 Å². The second-order valence-corrected chi connectivity index (χ2v) is 7.12. The first kappa shape index (κ1) is 21.0. The second-order valence-electron chi connectivity index (χ2n) is 7.12. The maximum atomic E-state index is 14.6. The number of amides is 1. The average Bonchev–Trinajstić information content (AvgIpc) is 3.17. The highest BCUT2D eigenvalue weighted by molar-refractivity contribution is 5.94. The number of nitrogens with one attached hydrogen (secondary N) is 1. The number of carboxylic acid groups (broad SMARTS) is 1. The van der Waals surface area contributed by atoms with Gasteiger partial charge in [-0.3, -0.25) is 9.48 Å². The number of carbonyl (C=O) groups excluding carboxylic acids is 1. The molecular formula is C23H19FN4O4. The van der Waals surface area contributed by atoms with Gasteiger partial charge in [0.25, 0.3) is 0 Å². The van der Waals surface area contributed by atoms with Gasteiger partial charge in [0.15, 0.2) is 0 Å². The molecule has 0 saturated heterocycles. The van der Waals surface area contributed by atoms with Crippen LogP contribution in [-0.4, -0.2) is 38.9 Å². The summed E-state index contributed by atoms with van der Waals surface area (Å²) in [6.07, 6.45) is 2.66. The van der Waals surface area contributed by atoms with Crippen molar-refractivity contribution in [3.63, 3.8) is 0 Å². The lowest BCUT2D eigenvalue weighted by molar-refractivity contribution is -0.115. The number of carboxylic acids is 1. The van der Waals surface area contributed by atoms with Gasteiger partial charge in [-0.15, -0.1) is 0 Å². The molecule has 0 aliphatic rings. The number of carbonyl (C=O) groups is 2. The Balaban J connectivity index is 1.54. The van der Waals surface area contributed by atoms with E-state index in [0.29, 0.717) is 28.7 Å². The van der Waals surface area contributed by atoms with E-state index in [9.17, 15) is 14.0 Å². The number of fused-ring (bicyclic) bond motifs is 1. The van der Waals surface area contributed by atoms with Gasteiger partial charge in [0.1, 0.15) is 17.3 Å². The number of aromatic nitrogens is 3. The van der Waals surface area contributed by atoms with Crippen LogP contribution in [0.4, 0.5) is 10.1 Å². The number of rotatable bonds is 7. The van der Waals surface area contributed by atoms with Crippen molar-refractivity contribution in [1.29, 1.82) is 0 Å². The maximum Gasteiger partial charge on any atom is 0.354 e. The van der Waals surface area contributed by atoms with Crippen LogP contribution in [-0.2, 0) is 17.8 Å². The molecular weight excluding hydrogens is 415 g/mol. The average molecular weight is 434 g/mol. The van der Waals surface area contributed by atoms with E-state index in [2.05, 4.69) is 15.4 Å². The molecule has 4 aromatic rings. The Hall–Kier alpha value is -4.27. The fourth-order valence-corrected chi connectivity index (χ4v) is 3.34. The van der Waals surface area contributed by atoms with Crippen LogP contribution in [0.25, 0.3) is 10.9 Å². The Bertz CT molecular complexity index is 1300. The number of ether oxygens (including phenoxy) is 1. The first-order valence-corrected chi connectivity index (χ1v) is 9.69. The van der Waals surface area contributed by atoms with Crippen molar-refractivity contribution in [2.75, 3.05) is 12.4 Å². The van der Waals surface area contributed by atoms with Crippen LogP contribution in [0, 0.1) is 5.82 Å². The van der Waals surface area contributed by atoms with Gasteiger partial charge in [-0.1, -0.05) is 12.1 Å². The summed E-state index contributed by atoms with van der Waals surface area (Å²) in [5, 5.41) is 16.3. The highest BCUT2D eigenvalue weighted by Crippen LogP contribution is 2.22. The maximum absolute atomic E-state index is 14.6. The largest absolute Gasteiger partial charge is 0.497 e. The number of benzene rings is 2. The summed E-state index contributed by atoms with van der Waals surface area (Å²) < 4.78 is 21.5. The first-order valence-electron chi connectivity index (χ1n) is 9.69. The lowest BCUT2D eigenvalue weighted by Crippen LogP contribution is -2.15. The Morgan fingerprint density at radius 3 is 2.62 bits per heavy atom. The minimum atomic E-state index is -1.20. The van der Waals surface area contributed by atoms with Crippen molar-refractivity contribution in [2.24, 2.45) is 0 Å². The molecule has 0 saturated carbocycles. The van der Waals surface area contributed by atoms with E-state index in [1.165, 1.54) is 30.6 Å². The van der Waals surface area contributed by atoms with Crippen molar-refractivity contribution in [2.45, 2.75) is 13.0 Å². The molecule has 4 rings (SSSR count). The zero-order chi connectivity index (χ0) is 22.7. The number of hydrogen-bond acceptors (Lipinski definition) is 5. The highest BCUT2D eigenvalue weighted by Gasteiger charge is 2.13. The lowest BCUT2D eigenvalue weighted by Gasteiger charge is -2.08. The van der Waals surface area contributed by atoms with E-state index in [1.54, 1.807) is 17.9 Å². The molecule has 0 spiro atoms. The molecule has 2 aromatic heterocycles. The van der Waals surface area contributed by atoms with E-state index in [0.717, 1.165) is 11.3 Å². The van der Waals surface area contributed by atoms with E-state index in [1.807, 2.05) is 24.3 Å². The molecule has 2 aromatic carbocycles. The summed E-state index contributed by atoms with van der Waals surface area (Å²) in [6, 6.07) is 13.3. The van der Waals surface area contributed by atoms with Gasteiger partial charge in [-0.05, 0) is 47.5 Å². The van der Waals surface area contributed by atoms with Crippen molar-refractivity contribution in [3.05, 3.63) is 83.6 Å². The molecule has 2 heterocycles. The molecule has 32 heavy (non-hydrogen) atoms.